The number of sulfone groups is 1. The Balaban J connectivity index is 2.49. The molecule has 1 fully saturated rings. The zero-order valence-electron chi connectivity index (χ0n) is 12.5. The number of nitrogens with zero attached hydrogens (tertiary/aromatic N) is 4. The number of likely N-dealkylation sites (N-methyl/N-ethyl adjacent to an activating group) is 1. The smallest absolute Gasteiger partial charge is 0.182 e. The molecule has 0 radical (unpaired) electrons. The number of rotatable bonds is 3. The van der Waals surface area contributed by atoms with Crippen molar-refractivity contribution in [2.45, 2.75) is 24.8 Å². The van der Waals surface area contributed by atoms with Crippen LogP contribution in [0.1, 0.15) is 19.9 Å². The summed E-state index contributed by atoms with van der Waals surface area (Å²) in [5, 5.41) is 4.44. The standard InChI is InChI=1S/C12H23N5O2S/c1-9(2)17-11(13)10(20(4,18)19)12(14-17)16-7-5-15(3)6-8-16/h9H,5-8,13H2,1-4H3. The Morgan fingerprint density at radius 3 is 2.20 bits per heavy atom. The number of piperazine rings is 1. The predicted octanol–water partition coefficient (Wildman–Crippen LogP) is 0.202. The van der Waals surface area contributed by atoms with E-state index in [1.807, 2.05) is 18.7 Å². The maximum absolute atomic E-state index is 12.0. The van der Waals surface area contributed by atoms with Crippen LogP contribution in [-0.2, 0) is 9.84 Å². The molecule has 2 rings (SSSR count). The molecule has 7 nitrogen and oxygen atoms in total. The lowest BCUT2D eigenvalue weighted by Crippen LogP contribution is -2.45. The highest BCUT2D eigenvalue weighted by Crippen LogP contribution is 2.32. The Hall–Kier alpha value is -1.28. The van der Waals surface area contributed by atoms with Crippen LogP contribution in [0.15, 0.2) is 4.90 Å². The van der Waals surface area contributed by atoms with E-state index < -0.39 is 9.84 Å². The van der Waals surface area contributed by atoms with Crippen molar-refractivity contribution in [2.24, 2.45) is 0 Å². The molecule has 0 amide bonds. The topological polar surface area (TPSA) is 84.5 Å². The highest BCUT2D eigenvalue weighted by Gasteiger charge is 2.29. The van der Waals surface area contributed by atoms with Gasteiger partial charge in [0.1, 0.15) is 5.82 Å². The van der Waals surface area contributed by atoms with Gasteiger partial charge in [-0.3, -0.25) is 0 Å². The van der Waals surface area contributed by atoms with Crippen LogP contribution < -0.4 is 10.6 Å². The first kappa shape index (κ1) is 15.1. The van der Waals surface area contributed by atoms with E-state index in [-0.39, 0.29) is 16.8 Å². The Morgan fingerprint density at radius 2 is 1.75 bits per heavy atom. The molecule has 0 spiro atoms. The van der Waals surface area contributed by atoms with Gasteiger partial charge in [0.2, 0.25) is 0 Å². The third-order valence-corrected chi connectivity index (χ3v) is 4.68. The number of hydrogen-bond acceptors (Lipinski definition) is 6. The number of hydrogen-bond donors (Lipinski definition) is 1. The van der Waals surface area contributed by atoms with Crippen molar-refractivity contribution in [1.29, 1.82) is 0 Å². The molecule has 0 aliphatic carbocycles. The molecule has 0 saturated carbocycles. The molecule has 2 N–H and O–H groups in total. The van der Waals surface area contributed by atoms with Crippen molar-refractivity contribution in [1.82, 2.24) is 14.7 Å². The summed E-state index contributed by atoms with van der Waals surface area (Å²) >= 11 is 0. The van der Waals surface area contributed by atoms with Gasteiger partial charge in [-0.2, -0.15) is 5.10 Å². The third-order valence-electron chi connectivity index (χ3n) is 3.55. The lowest BCUT2D eigenvalue weighted by Gasteiger charge is -2.32. The summed E-state index contributed by atoms with van der Waals surface area (Å²) in [4.78, 5) is 4.38. The van der Waals surface area contributed by atoms with E-state index in [1.165, 1.54) is 6.26 Å². The van der Waals surface area contributed by atoms with E-state index >= 15 is 0 Å². The molecule has 1 aromatic rings. The summed E-state index contributed by atoms with van der Waals surface area (Å²) in [5.41, 5.74) is 6.01. The van der Waals surface area contributed by atoms with Gasteiger partial charge in [0.05, 0.1) is 0 Å². The zero-order chi connectivity index (χ0) is 15.1. The highest BCUT2D eigenvalue weighted by molar-refractivity contribution is 7.91. The summed E-state index contributed by atoms with van der Waals surface area (Å²) in [6.45, 7) is 7.16. The lowest BCUT2D eigenvalue weighted by atomic mass is 10.3. The SMILES string of the molecule is CC(C)n1nc(N2CCN(C)CC2)c(S(C)(=O)=O)c1N. The number of nitrogens with two attached hydrogens (primary N) is 1. The van der Waals surface area contributed by atoms with E-state index in [1.54, 1.807) is 4.68 Å². The fourth-order valence-electron chi connectivity index (χ4n) is 2.39. The second kappa shape index (κ2) is 5.25. The molecule has 0 atom stereocenters. The molecule has 1 saturated heterocycles. The van der Waals surface area contributed by atoms with E-state index in [0.717, 1.165) is 26.2 Å². The third kappa shape index (κ3) is 2.76. The minimum Gasteiger partial charge on any atom is -0.383 e. The van der Waals surface area contributed by atoms with Crippen LogP contribution in [0.3, 0.4) is 0 Å². The van der Waals surface area contributed by atoms with Crippen molar-refractivity contribution in [3.63, 3.8) is 0 Å². The van der Waals surface area contributed by atoms with Gasteiger partial charge in [-0.15, -0.1) is 0 Å². The van der Waals surface area contributed by atoms with Crippen molar-refractivity contribution < 1.29 is 8.42 Å². The predicted molar refractivity (Wildman–Crippen MR) is 79.8 cm³/mol. The average Bonchev–Trinajstić information content (AvgIpc) is 2.67. The summed E-state index contributed by atoms with van der Waals surface area (Å²) in [6.07, 6.45) is 1.19. The van der Waals surface area contributed by atoms with Gasteiger partial charge in [0.15, 0.2) is 20.6 Å². The van der Waals surface area contributed by atoms with Crippen LogP contribution in [0.25, 0.3) is 0 Å². The minimum absolute atomic E-state index is 0.0247. The molecule has 20 heavy (non-hydrogen) atoms. The average molecular weight is 301 g/mol. The second-order valence-corrected chi connectivity index (χ2v) is 7.59. The minimum atomic E-state index is -3.40. The van der Waals surface area contributed by atoms with Crippen LogP contribution in [0.4, 0.5) is 11.6 Å². The number of nitrogen functional groups attached to an aromatic ring is 1. The van der Waals surface area contributed by atoms with Gasteiger partial charge in [-0.05, 0) is 20.9 Å². The van der Waals surface area contributed by atoms with Crippen LogP contribution in [0.5, 0.6) is 0 Å². The molecule has 1 aliphatic rings. The second-order valence-electron chi connectivity index (χ2n) is 5.64. The van der Waals surface area contributed by atoms with Gasteiger partial charge in [0, 0.05) is 38.5 Å². The number of anilines is 2. The first-order valence-corrected chi connectivity index (χ1v) is 8.62. The van der Waals surface area contributed by atoms with Gasteiger partial charge < -0.3 is 15.5 Å². The molecule has 8 heteroatoms. The molecule has 1 aromatic heterocycles. The summed E-state index contributed by atoms with van der Waals surface area (Å²) in [5.74, 6) is 0.725. The van der Waals surface area contributed by atoms with E-state index in [4.69, 9.17) is 5.73 Å². The lowest BCUT2D eigenvalue weighted by molar-refractivity contribution is 0.311. The molecular formula is C12H23N5O2S. The normalized spacial score (nSPS) is 17.9. The van der Waals surface area contributed by atoms with Crippen molar-refractivity contribution in [2.75, 3.05) is 50.1 Å². The molecule has 0 aromatic carbocycles. The summed E-state index contributed by atoms with van der Waals surface area (Å²) < 4.78 is 25.7. The molecule has 0 unspecified atom stereocenters. The van der Waals surface area contributed by atoms with Crippen LogP contribution >= 0.6 is 0 Å². The monoisotopic (exact) mass is 301 g/mol. The highest BCUT2D eigenvalue weighted by atomic mass is 32.2. The molecule has 2 heterocycles. The maximum atomic E-state index is 12.0. The maximum Gasteiger partial charge on any atom is 0.182 e. The fraction of sp³-hybridized carbons (Fsp3) is 0.750. The van der Waals surface area contributed by atoms with E-state index in [9.17, 15) is 8.42 Å². The van der Waals surface area contributed by atoms with Crippen molar-refractivity contribution in [3.05, 3.63) is 0 Å². The van der Waals surface area contributed by atoms with Gasteiger partial charge in [-0.25, -0.2) is 13.1 Å². The van der Waals surface area contributed by atoms with Crippen LogP contribution in [-0.4, -0.2) is 62.6 Å². The Morgan fingerprint density at radius 1 is 1.20 bits per heavy atom. The quantitative estimate of drug-likeness (QED) is 0.858. The zero-order valence-corrected chi connectivity index (χ0v) is 13.3. The summed E-state index contributed by atoms with van der Waals surface area (Å²) in [6, 6.07) is 0.0247. The van der Waals surface area contributed by atoms with Gasteiger partial charge >= 0.3 is 0 Å². The van der Waals surface area contributed by atoms with Gasteiger partial charge in [0.25, 0.3) is 0 Å². The Labute approximate surface area is 120 Å². The van der Waals surface area contributed by atoms with Crippen LogP contribution in [0.2, 0.25) is 0 Å². The van der Waals surface area contributed by atoms with Crippen LogP contribution in [0, 0.1) is 0 Å². The largest absolute Gasteiger partial charge is 0.383 e. The summed E-state index contributed by atoms with van der Waals surface area (Å²) in [7, 11) is -1.35. The van der Waals surface area contributed by atoms with E-state index in [0.29, 0.717) is 5.82 Å². The van der Waals surface area contributed by atoms with Crippen molar-refractivity contribution in [3.8, 4) is 0 Å². The first-order valence-electron chi connectivity index (χ1n) is 6.73. The molecular weight excluding hydrogens is 278 g/mol. The fourth-order valence-corrected chi connectivity index (χ4v) is 3.37. The van der Waals surface area contributed by atoms with Gasteiger partial charge in [-0.1, -0.05) is 0 Å². The van der Waals surface area contributed by atoms with E-state index in [2.05, 4.69) is 17.0 Å². The molecule has 114 valence electrons. The molecule has 1 aliphatic heterocycles. The Kier molecular flexibility index (Phi) is 3.97. The molecule has 0 bridgehead atoms. The number of aromatic nitrogens is 2. The van der Waals surface area contributed by atoms with Crippen molar-refractivity contribution >= 4 is 21.5 Å². The Bertz CT molecular complexity index is 585. The first-order chi connectivity index (χ1) is 9.21.